The van der Waals surface area contributed by atoms with E-state index < -0.39 is 7.92 Å². The smallest absolute Gasteiger partial charge is 0.0122 e. The molecule has 0 amide bonds. The molecule has 0 aliphatic heterocycles. The molecular formula is C27H33P. The van der Waals surface area contributed by atoms with Crippen molar-refractivity contribution in [3.63, 3.8) is 0 Å². The zero-order chi connectivity index (χ0) is 20.3. The minimum atomic E-state index is -0.561. The van der Waals surface area contributed by atoms with Crippen molar-refractivity contribution in [3.05, 3.63) is 88.0 Å². The summed E-state index contributed by atoms with van der Waals surface area (Å²) in [6, 6.07) is 21.3. The topological polar surface area (TPSA) is 0 Å². The molecule has 1 heteroatoms. The average Bonchev–Trinajstić information content (AvgIpc) is 2.70. The lowest BCUT2D eigenvalue weighted by atomic mass is 10.1. The summed E-state index contributed by atoms with van der Waals surface area (Å²) in [4.78, 5) is 0. The van der Waals surface area contributed by atoms with Gasteiger partial charge in [-0.15, -0.1) is 0 Å². The van der Waals surface area contributed by atoms with E-state index in [9.17, 15) is 0 Å². The van der Waals surface area contributed by atoms with Gasteiger partial charge in [0, 0.05) is 0 Å². The first-order valence-corrected chi connectivity index (χ1v) is 11.9. The molecule has 3 rings (SSSR count). The van der Waals surface area contributed by atoms with Crippen molar-refractivity contribution < 1.29 is 0 Å². The van der Waals surface area contributed by atoms with E-state index in [1.807, 2.05) is 0 Å². The number of aryl methyl sites for hydroxylation is 6. The monoisotopic (exact) mass is 388 g/mol. The van der Waals surface area contributed by atoms with Crippen molar-refractivity contribution in [2.45, 2.75) is 60.8 Å². The maximum atomic E-state index is 2.39. The molecule has 3 aromatic rings. The van der Waals surface area contributed by atoms with Gasteiger partial charge in [-0.05, 0) is 97.2 Å². The van der Waals surface area contributed by atoms with Crippen molar-refractivity contribution in [2.75, 3.05) is 0 Å². The molecule has 0 heterocycles. The largest absolute Gasteiger partial charge is 0.0613 e. The van der Waals surface area contributed by atoms with Crippen LogP contribution < -0.4 is 15.9 Å². The van der Waals surface area contributed by atoms with E-state index in [1.54, 1.807) is 0 Å². The normalized spacial score (nSPS) is 11.2. The Kier molecular flexibility index (Phi) is 6.73. The van der Waals surface area contributed by atoms with Crippen LogP contribution in [0.2, 0.25) is 0 Å². The third kappa shape index (κ3) is 4.23. The predicted octanol–water partition coefficient (Wildman–Crippen LogP) is 6.06. The summed E-state index contributed by atoms with van der Waals surface area (Å²) in [5, 5.41) is 4.48. The van der Waals surface area contributed by atoms with Crippen LogP contribution in [0, 0.1) is 20.8 Å². The van der Waals surface area contributed by atoms with Gasteiger partial charge >= 0.3 is 0 Å². The summed E-state index contributed by atoms with van der Waals surface area (Å²) in [7, 11) is -0.561. The maximum absolute atomic E-state index is 2.39. The van der Waals surface area contributed by atoms with Crippen LogP contribution in [0.25, 0.3) is 0 Å². The van der Waals surface area contributed by atoms with E-state index >= 15 is 0 Å². The highest BCUT2D eigenvalue weighted by molar-refractivity contribution is 7.80. The zero-order valence-electron chi connectivity index (χ0n) is 18.3. The lowest BCUT2D eigenvalue weighted by molar-refractivity contribution is 1.13. The molecule has 28 heavy (non-hydrogen) atoms. The Labute approximate surface area is 172 Å². The molecule has 146 valence electrons. The van der Waals surface area contributed by atoms with Gasteiger partial charge in [0.2, 0.25) is 0 Å². The van der Waals surface area contributed by atoms with Crippen LogP contribution in [0.3, 0.4) is 0 Å². The molecule has 0 N–H and O–H groups in total. The summed E-state index contributed by atoms with van der Waals surface area (Å²) < 4.78 is 0. The van der Waals surface area contributed by atoms with Gasteiger partial charge < -0.3 is 0 Å². The Balaban J connectivity index is 2.23. The first-order valence-electron chi connectivity index (χ1n) is 10.6. The highest BCUT2D eigenvalue weighted by Crippen LogP contribution is 2.37. The summed E-state index contributed by atoms with van der Waals surface area (Å²) in [5.41, 5.74) is 8.53. The Hall–Kier alpha value is -1.91. The van der Waals surface area contributed by atoms with Crippen LogP contribution in [-0.4, -0.2) is 0 Å². The van der Waals surface area contributed by atoms with E-state index in [4.69, 9.17) is 0 Å². The minimum Gasteiger partial charge on any atom is -0.0613 e. The first-order chi connectivity index (χ1) is 13.5. The molecule has 0 spiro atoms. The van der Waals surface area contributed by atoms with Crippen molar-refractivity contribution in [1.82, 2.24) is 0 Å². The standard InChI is InChI=1S/C27H33P/c1-7-22-10-13-25(19(4)16-22)28(26-14-11-23(8-2)17-20(26)5)27-15-12-24(9-3)18-21(27)6/h10-18H,7-9H2,1-6H3. The maximum Gasteiger partial charge on any atom is -0.0122 e. The van der Waals surface area contributed by atoms with Gasteiger partial charge in [-0.2, -0.15) is 0 Å². The Morgan fingerprint density at radius 2 is 0.786 bits per heavy atom. The second-order valence-corrected chi connectivity index (χ2v) is 9.87. The van der Waals surface area contributed by atoms with Crippen molar-refractivity contribution in [3.8, 4) is 0 Å². The molecule has 0 fully saturated rings. The number of hydrogen-bond acceptors (Lipinski definition) is 0. The van der Waals surface area contributed by atoms with Gasteiger partial charge in [0.05, 0.1) is 0 Å². The van der Waals surface area contributed by atoms with Gasteiger partial charge in [0.1, 0.15) is 0 Å². The van der Waals surface area contributed by atoms with Crippen molar-refractivity contribution in [2.24, 2.45) is 0 Å². The lowest BCUT2D eigenvalue weighted by Gasteiger charge is -2.25. The molecule has 0 nitrogen and oxygen atoms in total. The van der Waals surface area contributed by atoms with Crippen LogP contribution in [0.4, 0.5) is 0 Å². The van der Waals surface area contributed by atoms with Crippen LogP contribution in [0.15, 0.2) is 54.6 Å². The van der Waals surface area contributed by atoms with Gasteiger partial charge in [0.25, 0.3) is 0 Å². The van der Waals surface area contributed by atoms with E-state index in [0.717, 1.165) is 19.3 Å². The van der Waals surface area contributed by atoms with E-state index in [2.05, 4.69) is 96.1 Å². The fraction of sp³-hybridized carbons (Fsp3) is 0.333. The molecule has 0 aliphatic carbocycles. The molecule has 0 radical (unpaired) electrons. The van der Waals surface area contributed by atoms with Crippen LogP contribution >= 0.6 is 7.92 Å². The Morgan fingerprint density at radius 1 is 0.500 bits per heavy atom. The summed E-state index contributed by atoms with van der Waals surface area (Å²) in [6.45, 7) is 13.6. The van der Waals surface area contributed by atoms with Crippen LogP contribution in [0.1, 0.15) is 54.2 Å². The third-order valence-corrected chi connectivity index (χ3v) is 8.68. The van der Waals surface area contributed by atoms with Crippen LogP contribution in [0.5, 0.6) is 0 Å². The van der Waals surface area contributed by atoms with Gasteiger partial charge in [-0.3, -0.25) is 0 Å². The number of rotatable bonds is 6. The second kappa shape index (κ2) is 9.06. The average molecular weight is 389 g/mol. The minimum absolute atomic E-state index is 0.561. The summed E-state index contributed by atoms with van der Waals surface area (Å²) in [6.07, 6.45) is 3.27. The van der Waals surface area contributed by atoms with E-state index in [1.165, 1.54) is 49.3 Å². The molecule has 0 saturated heterocycles. The SMILES string of the molecule is CCc1ccc(P(c2ccc(CC)cc2C)c2ccc(CC)cc2C)c(C)c1. The molecular weight excluding hydrogens is 355 g/mol. The molecule has 0 aliphatic rings. The summed E-state index contributed by atoms with van der Waals surface area (Å²) in [5.74, 6) is 0. The van der Waals surface area contributed by atoms with Gasteiger partial charge in [-0.1, -0.05) is 75.4 Å². The van der Waals surface area contributed by atoms with Gasteiger partial charge in [0.15, 0.2) is 0 Å². The number of benzene rings is 3. The number of hydrogen-bond donors (Lipinski definition) is 0. The zero-order valence-corrected chi connectivity index (χ0v) is 19.2. The fourth-order valence-corrected chi connectivity index (χ4v) is 6.66. The third-order valence-electron chi connectivity index (χ3n) is 5.73. The molecule has 0 unspecified atom stereocenters. The fourth-order valence-electron chi connectivity index (χ4n) is 3.95. The molecule has 0 bridgehead atoms. The molecule has 0 aromatic heterocycles. The van der Waals surface area contributed by atoms with Crippen LogP contribution in [-0.2, 0) is 19.3 Å². The van der Waals surface area contributed by atoms with Crippen molar-refractivity contribution >= 4 is 23.8 Å². The molecule has 3 aromatic carbocycles. The Morgan fingerprint density at radius 3 is 1.00 bits per heavy atom. The quantitative estimate of drug-likeness (QED) is 0.451. The van der Waals surface area contributed by atoms with Gasteiger partial charge in [-0.25, -0.2) is 0 Å². The predicted molar refractivity (Wildman–Crippen MR) is 127 cm³/mol. The molecule has 0 saturated carbocycles. The highest BCUT2D eigenvalue weighted by Gasteiger charge is 2.22. The second-order valence-electron chi connectivity index (χ2n) is 7.76. The first kappa shape index (κ1) is 20.8. The van der Waals surface area contributed by atoms with E-state index in [-0.39, 0.29) is 0 Å². The Bertz CT molecular complexity index is 841. The van der Waals surface area contributed by atoms with Crippen molar-refractivity contribution in [1.29, 1.82) is 0 Å². The summed E-state index contributed by atoms with van der Waals surface area (Å²) >= 11 is 0. The lowest BCUT2D eigenvalue weighted by Crippen LogP contribution is -2.26. The van der Waals surface area contributed by atoms with E-state index in [0.29, 0.717) is 0 Å². The molecule has 0 atom stereocenters. The highest BCUT2D eigenvalue weighted by atomic mass is 31.1.